The maximum Gasteiger partial charge on any atom is 0.137 e. The van der Waals surface area contributed by atoms with Crippen molar-refractivity contribution in [3.05, 3.63) is 90.3 Å². The van der Waals surface area contributed by atoms with E-state index in [9.17, 15) is 0 Å². The summed E-state index contributed by atoms with van der Waals surface area (Å²) in [6.45, 7) is 0. The van der Waals surface area contributed by atoms with Crippen LogP contribution >= 0.6 is 0 Å². The van der Waals surface area contributed by atoms with Crippen molar-refractivity contribution in [2.24, 2.45) is 0 Å². The van der Waals surface area contributed by atoms with Crippen LogP contribution in [0.25, 0.3) is 16.9 Å². The molecule has 0 amide bonds. The maximum absolute atomic E-state index is 5.52. The molecule has 0 fully saturated rings. The van der Waals surface area contributed by atoms with E-state index in [1.54, 1.807) is 7.11 Å². The van der Waals surface area contributed by atoms with Gasteiger partial charge in [0, 0.05) is 23.7 Å². The molecule has 24 heavy (non-hydrogen) atoms. The van der Waals surface area contributed by atoms with Crippen LogP contribution in [0.3, 0.4) is 0 Å². The van der Waals surface area contributed by atoms with Gasteiger partial charge in [-0.3, -0.25) is 0 Å². The molecule has 0 radical (unpaired) electrons. The molecular weight excluding hydrogens is 296 g/mol. The molecule has 0 aliphatic heterocycles. The zero-order valence-electron chi connectivity index (χ0n) is 13.5. The summed E-state index contributed by atoms with van der Waals surface area (Å²) in [6, 6.07) is 24.6. The molecule has 2 aromatic carbocycles. The molecule has 0 bridgehead atoms. The van der Waals surface area contributed by atoms with Gasteiger partial charge in [-0.25, -0.2) is 4.98 Å². The molecule has 0 aliphatic carbocycles. The Morgan fingerprint density at radius 2 is 1.62 bits per heavy atom. The van der Waals surface area contributed by atoms with Crippen LogP contribution in [0.15, 0.2) is 79.0 Å². The highest BCUT2D eigenvalue weighted by Crippen LogP contribution is 2.29. The van der Waals surface area contributed by atoms with Crippen LogP contribution in [0.2, 0.25) is 0 Å². The number of imidazole rings is 1. The highest BCUT2D eigenvalue weighted by Gasteiger charge is 2.15. The van der Waals surface area contributed by atoms with Gasteiger partial charge in [-0.05, 0) is 18.2 Å². The monoisotopic (exact) mass is 314 g/mol. The van der Waals surface area contributed by atoms with Gasteiger partial charge in [-0.1, -0.05) is 54.6 Å². The molecule has 0 saturated heterocycles. The van der Waals surface area contributed by atoms with E-state index in [-0.39, 0.29) is 0 Å². The highest BCUT2D eigenvalue weighted by atomic mass is 16.5. The largest absolute Gasteiger partial charge is 0.496 e. The van der Waals surface area contributed by atoms with E-state index in [0.29, 0.717) is 0 Å². The predicted octanol–water partition coefficient (Wildman–Crippen LogP) is 4.60. The van der Waals surface area contributed by atoms with E-state index in [1.165, 1.54) is 5.69 Å². The second kappa shape index (κ2) is 6.20. The molecule has 0 spiro atoms. The molecule has 118 valence electrons. The minimum absolute atomic E-state index is 0.763. The Balaban J connectivity index is 1.90. The smallest absolute Gasteiger partial charge is 0.137 e. The second-order valence-corrected chi connectivity index (χ2v) is 5.69. The lowest BCUT2D eigenvalue weighted by molar-refractivity contribution is 0.410. The van der Waals surface area contributed by atoms with Crippen molar-refractivity contribution in [1.82, 2.24) is 9.38 Å². The summed E-state index contributed by atoms with van der Waals surface area (Å²) in [4.78, 5) is 4.86. The number of hydrogen-bond donors (Lipinski definition) is 0. The fraction of sp³-hybridized carbons (Fsp3) is 0.0952. The third kappa shape index (κ3) is 2.54. The number of rotatable bonds is 4. The van der Waals surface area contributed by atoms with Gasteiger partial charge in [-0.2, -0.15) is 0 Å². The van der Waals surface area contributed by atoms with Gasteiger partial charge >= 0.3 is 0 Å². The summed E-state index contributed by atoms with van der Waals surface area (Å²) < 4.78 is 7.68. The lowest BCUT2D eigenvalue weighted by Gasteiger charge is -2.10. The van der Waals surface area contributed by atoms with Crippen LogP contribution < -0.4 is 4.74 Å². The number of ether oxygens (including phenoxy) is 1. The fourth-order valence-electron chi connectivity index (χ4n) is 3.07. The van der Waals surface area contributed by atoms with Gasteiger partial charge in [0.1, 0.15) is 11.4 Å². The summed E-state index contributed by atoms with van der Waals surface area (Å²) >= 11 is 0. The van der Waals surface area contributed by atoms with E-state index >= 15 is 0 Å². The molecule has 0 unspecified atom stereocenters. The van der Waals surface area contributed by atoms with Gasteiger partial charge < -0.3 is 9.14 Å². The molecule has 2 heterocycles. The van der Waals surface area contributed by atoms with Gasteiger partial charge in [-0.15, -0.1) is 0 Å². The van der Waals surface area contributed by atoms with Crippen LogP contribution in [-0.2, 0) is 6.42 Å². The topological polar surface area (TPSA) is 26.5 Å². The minimum Gasteiger partial charge on any atom is -0.496 e. The first-order valence-electron chi connectivity index (χ1n) is 8.00. The third-order valence-corrected chi connectivity index (χ3v) is 4.23. The summed E-state index contributed by atoms with van der Waals surface area (Å²) in [6.07, 6.45) is 2.83. The number of aromatic nitrogens is 2. The molecule has 0 saturated carbocycles. The van der Waals surface area contributed by atoms with Crippen molar-refractivity contribution < 1.29 is 4.74 Å². The molecule has 3 heteroatoms. The zero-order chi connectivity index (χ0) is 16.4. The van der Waals surface area contributed by atoms with Gasteiger partial charge in [0.2, 0.25) is 0 Å². The summed E-state index contributed by atoms with van der Waals surface area (Å²) in [5.74, 6) is 0.905. The second-order valence-electron chi connectivity index (χ2n) is 5.69. The van der Waals surface area contributed by atoms with Crippen molar-refractivity contribution in [3.8, 4) is 17.0 Å². The van der Waals surface area contributed by atoms with E-state index in [0.717, 1.165) is 34.6 Å². The molecular formula is C21H18N2O. The van der Waals surface area contributed by atoms with E-state index in [1.807, 2.05) is 54.6 Å². The van der Waals surface area contributed by atoms with Crippen molar-refractivity contribution >= 4 is 5.65 Å². The lowest BCUT2D eigenvalue weighted by atomic mass is 10.0. The van der Waals surface area contributed by atoms with E-state index in [2.05, 4.69) is 28.8 Å². The standard InChI is InChI=1S/C21H18N2O/c1-24-19-12-6-5-11-17(19)15-18-21(16-9-3-2-4-10-16)22-20-13-7-8-14-23(18)20/h2-14H,15H2,1H3. The number of nitrogens with zero attached hydrogens (tertiary/aromatic N) is 2. The van der Waals surface area contributed by atoms with Crippen molar-refractivity contribution in [2.75, 3.05) is 7.11 Å². The minimum atomic E-state index is 0.763. The van der Waals surface area contributed by atoms with Crippen LogP contribution in [0, 0.1) is 0 Å². The average Bonchev–Trinajstić information content (AvgIpc) is 3.02. The molecule has 2 aromatic heterocycles. The summed E-state index contributed by atoms with van der Waals surface area (Å²) in [5.41, 5.74) is 5.43. The lowest BCUT2D eigenvalue weighted by Crippen LogP contribution is -1.98. The fourth-order valence-corrected chi connectivity index (χ4v) is 3.07. The van der Waals surface area contributed by atoms with Crippen LogP contribution in [-0.4, -0.2) is 16.5 Å². The third-order valence-electron chi connectivity index (χ3n) is 4.23. The Labute approximate surface area is 141 Å². The first-order chi connectivity index (χ1) is 11.9. The van der Waals surface area contributed by atoms with Crippen molar-refractivity contribution in [3.63, 3.8) is 0 Å². The van der Waals surface area contributed by atoms with Crippen molar-refractivity contribution in [2.45, 2.75) is 6.42 Å². The SMILES string of the molecule is COc1ccccc1Cc1c(-c2ccccc2)nc2ccccn12. The Bertz CT molecular complexity index is 973. The Kier molecular flexibility index (Phi) is 3.75. The summed E-state index contributed by atoms with van der Waals surface area (Å²) in [7, 11) is 1.71. The number of hydrogen-bond acceptors (Lipinski definition) is 2. The zero-order valence-corrected chi connectivity index (χ0v) is 13.5. The Hall–Kier alpha value is -3.07. The summed E-state index contributed by atoms with van der Waals surface area (Å²) in [5, 5.41) is 0. The van der Waals surface area contributed by atoms with E-state index in [4.69, 9.17) is 9.72 Å². The van der Waals surface area contributed by atoms with Gasteiger partial charge in [0.05, 0.1) is 18.5 Å². The van der Waals surface area contributed by atoms with Crippen molar-refractivity contribution in [1.29, 1.82) is 0 Å². The quantitative estimate of drug-likeness (QED) is 0.550. The maximum atomic E-state index is 5.52. The number of benzene rings is 2. The molecule has 0 atom stereocenters. The molecule has 0 aliphatic rings. The first kappa shape index (κ1) is 14.5. The Morgan fingerprint density at radius 1 is 0.875 bits per heavy atom. The number of pyridine rings is 1. The molecule has 3 nitrogen and oxygen atoms in total. The molecule has 0 N–H and O–H groups in total. The normalized spacial score (nSPS) is 10.9. The molecule has 4 rings (SSSR count). The average molecular weight is 314 g/mol. The Morgan fingerprint density at radius 3 is 2.46 bits per heavy atom. The predicted molar refractivity (Wildman–Crippen MR) is 96.4 cm³/mol. The first-order valence-corrected chi connectivity index (χ1v) is 8.00. The van der Waals surface area contributed by atoms with Crippen LogP contribution in [0.5, 0.6) is 5.75 Å². The number of para-hydroxylation sites is 1. The highest BCUT2D eigenvalue weighted by molar-refractivity contribution is 5.67. The molecule has 4 aromatic rings. The van der Waals surface area contributed by atoms with Crippen LogP contribution in [0.4, 0.5) is 0 Å². The van der Waals surface area contributed by atoms with Crippen LogP contribution in [0.1, 0.15) is 11.3 Å². The number of fused-ring (bicyclic) bond motifs is 1. The van der Waals surface area contributed by atoms with E-state index < -0.39 is 0 Å². The number of methoxy groups -OCH3 is 1. The van der Waals surface area contributed by atoms with Gasteiger partial charge in [0.25, 0.3) is 0 Å². The van der Waals surface area contributed by atoms with Gasteiger partial charge in [0.15, 0.2) is 0 Å².